The van der Waals surface area contributed by atoms with Crippen LogP contribution in [-0.2, 0) is 24.5 Å². The minimum absolute atomic E-state index is 0.105. The number of likely N-dealkylation sites (N-methyl/N-ethyl adjacent to an activating group) is 1. The Balaban J connectivity index is 3.28. The third-order valence-electron chi connectivity index (χ3n) is 3.01. The van der Waals surface area contributed by atoms with Crippen LogP contribution in [0.3, 0.4) is 0 Å². The second-order valence-corrected chi connectivity index (χ2v) is 5.52. The van der Waals surface area contributed by atoms with Crippen LogP contribution in [0.1, 0.15) is 25.2 Å². The topological polar surface area (TPSA) is 103 Å². The first-order valence-electron chi connectivity index (χ1n) is 6.72. The van der Waals surface area contributed by atoms with Gasteiger partial charge in [-0.05, 0) is 13.0 Å². The maximum absolute atomic E-state index is 11.8. The van der Waals surface area contributed by atoms with Gasteiger partial charge in [-0.3, -0.25) is 14.5 Å². The first kappa shape index (κ1) is 17.2. The molecule has 0 radical (unpaired) electrons. The molecule has 0 saturated carbocycles. The van der Waals surface area contributed by atoms with Crippen molar-refractivity contribution in [2.45, 2.75) is 33.5 Å². The number of hydrogen-bond acceptors (Lipinski definition) is 5. The lowest BCUT2D eigenvalue weighted by Crippen LogP contribution is -2.29. The largest absolute Gasteiger partial charge is 0.503 e. The van der Waals surface area contributed by atoms with E-state index in [4.69, 9.17) is 5.11 Å². The first-order valence-corrected chi connectivity index (χ1v) is 6.72. The highest BCUT2D eigenvalue weighted by molar-refractivity contribution is 5.69. The van der Waals surface area contributed by atoms with Crippen LogP contribution in [0.5, 0.6) is 5.75 Å². The molecular formula is C14H22N2O5. The number of aromatic hydroxyl groups is 1. The number of carboxylic acids is 1. The molecule has 7 heteroatoms. The molecule has 1 aromatic heterocycles. The summed E-state index contributed by atoms with van der Waals surface area (Å²) < 4.78 is 1.68. The fourth-order valence-electron chi connectivity index (χ4n) is 2.17. The van der Waals surface area contributed by atoms with E-state index in [1.165, 1.54) is 11.0 Å². The second kappa shape index (κ2) is 7.24. The summed E-state index contributed by atoms with van der Waals surface area (Å²) in [5.41, 5.74) is 0.159. The van der Waals surface area contributed by atoms with Crippen LogP contribution in [0.2, 0.25) is 0 Å². The van der Waals surface area contributed by atoms with Gasteiger partial charge in [-0.25, -0.2) is 0 Å². The molecule has 0 amide bonds. The van der Waals surface area contributed by atoms with Gasteiger partial charge in [-0.1, -0.05) is 13.8 Å². The van der Waals surface area contributed by atoms with E-state index < -0.39 is 17.1 Å². The summed E-state index contributed by atoms with van der Waals surface area (Å²) in [5.74, 6) is -1.15. The SMILES string of the molecule is CC(C)Cn1c(CO)cc(=O)c(O)c1CN(C)CC(=O)O. The van der Waals surface area contributed by atoms with E-state index in [1.54, 1.807) is 11.6 Å². The predicted molar refractivity (Wildman–Crippen MR) is 77.1 cm³/mol. The lowest BCUT2D eigenvalue weighted by Gasteiger charge is -2.23. The molecule has 0 spiro atoms. The number of aliphatic hydroxyl groups is 1. The molecule has 0 aliphatic rings. The lowest BCUT2D eigenvalue weighted by molar-refractivity contribution is -0.138. The maximum atomic E-state index is 11.8. The minimum Gasteiger partial charge on any atom is -0.503 e. The van der Waals surface area contributed by atoms with E-state index in [1.807, 2.05) is 13.8 Å². The van der Waals surface area contributed by atoms with Gasteiger partial charge in [0.05, 0.1) is 18.8 Å². The molecule has 0 atom stereocenters. The van der Waals surface area contributed by atoms with Crippen LogP contribution in [-0.4, -0.2) is 44.3 Å². The van der Waals surface area contributed by atoms with Crippen molar-refractivity contribution in [1.29, 1.82) is 0 Å². The molecule has 7 nitrogen and oxygen atoms in total. The monoisotopic (exact) mass is 298 g/mol. The Morgan fingerprint density at radius 3 is 2.52 bits per heavy atom. The molecule has 0 bridgehead atoms. The van der Waals surface area contributed by atoms with E-state index in [2.05, 4.69) is 0 Å². The number of aromatic nitrogens is 1. The fraction of sp³-hybridized carbons (Fsp3) is 0.571. The van der Waals surface area contributed by atoms with E-state index in [9.17, 15) is 19.8 Å². The Bertz CT molecular complexity index is 565. The van der Waals surface area contributed by atoms with Gasteiger partial charge in [0, 0.05) is 24.8 Å². The summed E-state index contributed by atoms with van der Waals surface area (Å²) in [6, 6.07) is 1.21. The predicted octanol–water partition coefficient (Wildman–Crippen LogP) is 0.219. The summed E-state index contributed by atoms with van der Waals surface area (Å²) in [5, 5.41) is 28.2. The molecule has 0 unspecified atom stereocenters. The Morgan fingerprint density at radius 2 is 2.05 bits per heavy atom. The minimum atomic E-state index is -0.993. The van der Waals surface area contributed by atoms with Gasteiger partial charge in [0.25, 0.3) is 0 Å². The van der Waals surface area contributed by atoms with Crippen LogP contribution in [0.15, 0.2) is 10.9 Å². The van der Waals surface area contributed by atoms with Crippen LogP contribution < -0.4 is 5.43 Å². The molecule has 118 valence electrons. The standard InChI is InChI=1S/C14H22N2O5/c1-9(2)5-16-10(8-17)4-12(18)14(21)11(16)6-15(3)7-13(19)20/h4,9,17,21H,5-8H2,1-3H3,(H,19,20). The van der Waals surface area contributed by atoms with E-state index in [0.717, 1.165) is 0 Å². The molecule has 0 fully saturated rings. The normalized spacial score (nSPS) is 11.3. The van der Waals surface area contributed by atoms with Gasteiger partial charge in [-0.2, -0.15) is 0 Å². The number of hydrogen-bond donors (Lipinski definition) is 3. The average Bonchev–Trinajstić information content (AvgIpc) is 2.36. The number of rotatable bonds is 7. The van der Waals surface area contributed by atoms with Crippen molar-refractivity contribution < 1.29 is 20.1 Å². The van der Waals surface area contributed by atoms with Crippen LogP contribution in [0.25, 0.3) is 0 Å². The lowest BCUT2D eigenvalue weighted by atomic mass is 10.1. The highest BCUT2D eigenvalue weighted by Gasteiger charge is 2.18. The van der Waals surface area contributed by atoms with Gasteiger partial charge in [0.15, 0.2) is 5.75 Å². The quantitative estimate of drug-likeness (QED) is 0.665. The number of carboxylic acid groups (broad SMARTS) is 1. The number of aliphatic hydroxyl groups excluding tert-OH is 1. The smallest absolute Gasteiger partial charge is 0.317 e. The highest BCUT2D eigenvalue weighted by atomic mass is 16.4. The van der Waals surface area contributed by atoms with Crippen molar-refractivity contribution in [2.24, 2.45) is 5.92 Å². The molecule has 3 N–H and O–H groups in total. The molecule has 0 aliphatic carbocycles. The number of pyridine rings is 1. The van der Waals surface area contributed by atoms with E-state index in [-0.39, 0.29) is 25.6 Å². The molecule has 1 rings (SSSR count). The third-order valence-corrected chi connectivity index (χ3v) is 3.01. The molecule has 1 aromatic rings. The van der Waals surface area contributed by atoms with Crippen LogP contribution in [0.4, 0.5) is 0 Å². The number of nitrogens with zero attached hydrogens (tertiary/aromatic N) is 2. The zero-order valence-corrected chi connectivity index (χ0v) is 12.5. The summed E-state index contributed by atoms with van der Waals surface area (Å²) in [6.45, 7) is 4.03. The highest BCUT2D eigenvalue weighted by Crippen LogP contribution is 2.18. The van der Waals surface area contributed by atoms with Crippen molar-refractivity contribution >= 4 is 5.97 Å². The van der Waals surface area contributed by atoms with E-state index in [0.29, 0.717) is 17.9 Å². The maximum Gasteiger partial charge on any atom is 0.317 e. The van der Waals surface area contributed by atoms with Gasteiger partial charge in [0.1, 0.15) is 0 Å². The third kappa shape index (κ3) is 4.57. The zero-order chi connectivity index (χ0) is 16.2. The molecule has 0 saturated heterocycles. The Kier molecular flexibility index (Phi) is 5.92. The van der Waals surface area contributed by atoms with Crippen molar-refractivity contribution in [3.8, 4) is 5.75 Å². The van der Waals surface area contributed by atoms with Gasteiger partial charge in [-0.15, -0.1) is 0 Å². The van der Waals surface area contributed by atoms with Gasteiger partial charge < -0.3 is 19.9 Å². The van der Waals surface area contributed by atoms with Crippen molar-refractivity contribution in [1.82, 2.24) is 9.47 Å². The molecule has 0 aliphatic heterocycles. The van der Waals surface area contributed by atoms with Gasteiger partial charge in [0.2, 0.25) is 5.43 Å². The van der Waals surface area contributed by atoms with Crippen molar-refractivity contribution in [3.63, 3.8) is 0 Å². The van der Waals surface area contributed by atoms with Gasteiger partial charge >= 0.3 is 5.97 Å². The second-order valence-electron chi connectivity index (χ2n) is 5.52. The molecule has 1 heterocycles. The number of aliphatic carboxylic acids is 1. The van der Waals surface area contributed by atoms with Crippen LogP contribution in [0, 0.1) is 5.92 Å². The summed E-state index contributed by atoms with van der Waals surface area (Å²) in [4.78, 5) is 24.0. The fourth-order valence-corrected chi connectivity index (χ4v) is 2.17. The first-order chi connectivity index (χ1) is 9.76. The Labute approximate surface area is 123 Å². The number of carbonyl (C=O) groups is 1. The summed E-state index contributed by atoms with van der Waals surface area (Å²) in [7, 11) is 1.59. The Morgan fingerprint density at radius 1 is 1.43 bits per heavy atom. The van der Waals surface area contributed by atoms with Crippen molar-refractivity contribution in [3.05, 3.63) is 27.7 Å². The van der Waals surface area contributed by atoms with Crippen molar-refractivity contribution in [2.75, 3.05) is 13.6 Å². The zero-order valence-electron chi connectivity index (χ0n) is 12.5. The average molecular weight is 298 g/mol. The summed E-state index contributed by atoms with van der Waals surface area (Å²) in [6.07, 6.45) is 0. The molecular weight excluding hydrogens is 276 g/mol. The van der Waals surface area contributed by atoms with E-state index >= 15 is 0 Å². The molecule has 21 heavy (non-hydrogen) atoms. The molecule has 0 aromatic carbocycles. The van der Waals surface area contributed by atoms with Crippen LogP contribution >= 0.6 is 0 Å². The summed E-state index contributed by atoms with van der Waals surface area (Å²) >= 11 is 0. The Hall–Kier alpha value is -1.86.